The summed E-state index contributed by atoms with van der Waals surface area (Å²) in [6.07, 6.45) is 4.90. The van der Waals surface area contributed by atoms with E-state index >= 15 is 0 Å². The van der Waals surface area contributed by atoms with Gasteiger partial charge in [-0.05, 0) is 72.1 Å². The Morgan fingerprint density at radius 3 is 2.63 bits per heavy atom. The molecule has 210 valence electrons. The molecule has 6 rings (SSSR count). The van der Waals surface area contributed by atoms with Gasteiger partial charge in [0, 0.05) is 40.6 Å². The molecular weight excluding hydrogens is 549 g/mol. The molecule has 3 N–H and O–H groups in total. The molecule has 0 bridgehead atoms. The standard InChI is InChI=1S/C30H27ClFN5O4/c31-20-3-10-27-26(15-20)25-11-13-37(30(38)40-23-8-4-21(32)5-9-23)29(28(25)35-27)19-1-6-22(7-2-19)39-17-24(41-33)16-36-14-12-34-18-36/h1-10,12,14-15,18,24,29,35H,11,13,16-17,33H2. The fraction of sp³-hybridized carbons (Fsp3) is 0.200. The molecule has 0 saturated heterocycles. The summed E-state index contributed by atoms with van der Waals surface area (Å²) in [6, 6.07) is 18.1. The Labute approximate surface area is 240 Å². The van der Waals surface area contributed by atoms with Crippen molar-refractivity contribution < 1.29 is 23.5 Å². The lowest BCUT2D eigenvalue weighted by atomic mass is 9.92. The zero-order chi connectivity index (χ0) is 28.3. The lowest BCUT2D eigenvalue weighted by molar-refractivity contribution is 0.00893. The second-order valence-electron chi connectivity index (χ2n) is 9.77. The van der Waals surface area contributed by atoms with Crippen LogP contribution in [0.15, 0.2) is 85.5 Å². The summed E-state index contributed by atoms with van der Waals surface area (Å²) in [5.41, 5.74) is 3.78. The van der Waals surface area contributed by atoms with Gasteiger partial charge in [0.25, 0.3) is 0 Å². The molecule has 0 radical (unpaired) electrons. The minimum Gasteiger partial charge on any atom is -0.491 e. The number of aromatic amines is 1. The van der Waals surface area contributed by atoms with Crippen LogP contribution in [0.3, 0.4) is 0 Å². The third-order valence-corrected chi connectivity index (χ3v) is 7.38. The molecule has 11 heteroatoms. The number of carbonyl (C=O) groups excluding carboxylic acids is 1. The SMILES string of the molecule is NOC(COc1ccc(C2c3[nH]c4ccc(Cl)cc4c3CCN2C(=O)Oc2ccc(F)cc2)cc1)Cn1ccnc1. The third-order valence-electron chi connectivity index (χ3n) is 7.14. The number of nitrogens with zero attached hydrogens (tertiary/aromatic N) is 3. The van der Waals surface area contributed by atoms with E-state index in [-0.39, 0.29) is 18.5 Å². The molecule has 3 aromatic carbocycles. The van der Waals surface area contributed by atoms with Gasteiger partial charge in [-0.25, -0.2) is 20.1 Å². The minimum absolute atomic E-state index is 0.237. The summed E-state index contributed by atoms with van der Waals surface area (Å²) < 4.78 is 26.8. The first kappa shape index (κ1) is 26.8. The molecule has 0 saturated carbocycles. The Morgan fingerprint density at radius 1 is 1.12 bits per heavy atom. The maximum atomic E-state index is 13.4. The normalized spacial score (nSPS) is 15.5. The zero-order valence-corrected chi connectivity index (χ0v) is 22.6. The van der Waals surface area contributed by atoms with Gasteiger partial charge < -0.3 is 19.0 Å². The van der Waals surface area contributed by atoms with Crippen LogP contribution in [0.2, 0.25) is 5.02 Å². The monoisotopic (exact) mass is 575 g/mol. The van der Waals surface area contributed by atoms with Gasteiger partial charge in [-0.1, -0.05) is 23.7 Å². The van der Waals surface area contributed by atoms with Crippen LogP contribution in [0.5, 0.6) is 11.5 Å². The number of fused-ring (bicyclic) bond motifs is 3. The van der Waals surface area contributed by atoms with Crippen LogP contribution < -0.4 is 15.4 Å². The van der Waals surface area contributed by atoms with Crippen molar-refractivity contribution in [1.82, 2.24) is 19.4 Å². The molecule has 9 nitrogen and oxygen atoms in total. The predicted octanol–water partition coefficient (Wildman–Crippen LogP) is 5.64. The van der Waals surface area contributed by atoms with E-state index in [0.717, 1.165) is 27.7 Å². The van der Waals surface area contributed by atoms with Crippen LogP contribution in [-0.2, 0) is 17.8 Å². The second kappa shape index (κ2) is 11.6. The van der Waals surface area contributed by atoms with Crippen LogP contribution in [0, 0.1) is 5.82 Å². The number of ether oxygens (including phenoxy) is 2. The highest BCUT2D eigenvalue weighted by Gasteiger charge is 2.35. The first-order valence-electron chi connectivity index (χ1n) is 13.1. The fourth-order valence-corrected chi connectivity index (χ4v) is 5.34. The number of H-pyrrole nitrogens is 1. The number of amides is 1. The Morgan fingerprint density at radius 2 is 1.90 bits per heavy atom. The van der Waals surface area contributed by atoms with Crippen molar-refractivity contribution in [2.45, 2.75) is 25.1 Å². The number of benzene rings is 3. The molecule has 1 amide bonds. The molecule has 0 spiro atoms. The molecule has 0 aliphatic carbocycles. The lowest BCUT2D eigenvalue weighted by Gasteiger charge is -2.35. The molecule has 41 heavy (non-hydrogen) atoms. The number of imidazole rings is 1. The maximum absolute atomic E-state index is 13.4. The van der Waals surface area contributed by atoms with E-state index in [9.17, 15) is 9.18 Å². The van der Waals surface area contributed by atoms with Crippen LogP contribution in [0.4, 0.5) is 9.18 Å². The Hall–Kier alpha value is -4.38. The largest absolute Gasteiger partial charge is 0.491 e. The average Bonchev–Trinajstić information content (AvgIpc) is 3.64. The van der Waals surface area contributed by atoms with Crippen LogP contribution in [-0.4, -0.2) is 44.8 Å². The highest BCUT2D eigenvalue weighted by Crippen LogP contribution is 2.40. The summed E-state index contributed by atoms with van der Waals surface area (Å²) in [7, 11) is 0. The van der Waals surface area contributed by atoms with E-state index in [0.29, 0.717) is 30.3 Å². The topological polar surface area (TPSA) is 108 Å². The van der Waals surface area contributed by atoms with Crippen molar-refractivity contribution in [1.29, 1.82) is 0 Å². The predicted molar refractivity (Wildman–Crippen MR) is 151 cm³/mol. The molecule has 1 aliphatic rings. The molecule has 2 atom stereocenters. The quantitative estimate of drug-likeness (QED) is 0.232. The second-order valence-corrected chi connectivity index (χ2v) is 10.2. The van der Waals surface area contributed by atoms with Gasteiger partial charge in [-0.2, -0.15) is 0 Å². The number of hydrogen-bond acceptors (Lipinski definition) is 6. The van der Waals surface area contributed by atoms with Gasteiger partial charge in [-0.3, -0.25) is 9.74 Å². The van der Waals surface area contributed by atoms with Gasteiger partial charge in [0.1, 0.15) is 36.1 Å². The summed E-state index contributed by atoms with van der Waals surface area (Å²) in [4.78, 5) is 27.7. The number of halogens is 2. The summed E-state index contributed by atoms with van der Waals surface area (Å²) in [5.74, 6) is 5.96. The van der Waals surface area contributed by atoms with Crippen molar-refractivity contribution in [3.63, 3.8) is 0 Å². The van der Waals surface area contributed by atoms with Gasteiger partial charge in [0.2, 0.25) is 0 Å². The van der Waals surface area contributed by atoms with Gasteiger partial charge in [0.15, 0.2) is 0 Å². The van der Waals surface area contributed by atoms with Crippen molar-refractivity contribution in [2.75, 3.05) is 13.2 Å². The average molecular weight is 576 g/mol. The van der Waals surface area contributed by atoms with Gasteiger partial charge in [-0.15, -0.1) is 0 Å². The molecule has 1 aliphatic heterocycles. The molecule has 0 fully saturated rings. The zero-order valence-electron chi connectivity index (χ0n) is 21.9. The minimum atomic E-state index is -0.535. The Balaban J connectivity index is 1.27. The van der Waals surface area contributed by atoms with Crippen LogP contribution in [0.1, 0.15) is 22.9 Å². The number of aromatic nitrogens is 3. The van der Waals surface area contributed by atoms with E-state index in [1.54, 1.807) is 17.4 Å². The number of rotatable bonds is 8. The van der Waals surface area contributed by atoms with E-state index in [4.69, 9.17) is 31.8 Å². The highest BCUT2D eigenvalue weighted by atomic mass is 35.5. The van der Waals surface area contributed by atoms with E-state index in [2.05, 4.69) is 9.97 Å². The first-order chi connectivity index (χ1) is 20.0. The summed E-state index contributed by atoms with van der Waals surface area (Å²) in [6.45, 7) is 1.15. The molecule has 3 heterocycles. The lowest BCUT2D eigenvalue weighted by Crippen LogP contribution is -2.42. The summed E-state index contributed by atoms with van der Waals surface area (Å²) in [5, 5.41) is 1.66. The number of hydrogen-bond donors (Lipinski definition) is 2. The number of nitrogens with two attached hydrogens (primary N) is 1. The van der Waals surface area contributed by atoms with Gasteiger partial charge in [0.05, 0.1) is 12.9 Å². The van der Waals surface area contributed by atoms with E-state index in [1.807, 2.05) is 53.2 Å². The van der Waals surface area contributed by atoms with E-state index in [1.165, 1.54) is 24.3 Å². The van der Waals surface area contributed by atoms with Crippen molar-refractivity contribution >= 4 is 28.6 Å². The molecule has 2 aromatic heterocycles. The fourth-order valence-electron chi connectivity index (χ4n) is 5.17. The van der Waals surface area contributed by atoms with Crippen LogP contribution in [0.25, 0.3) is 10.9 Å². The molecular formula is C30H27ClFN5O4. The smallest absolute Gasteiger partial charge is 0.416 e. The Kier molecular flexibility index (Phi) is 7.60. The molecule has 5 aromatic rings. The first-order valence-corrected chi connectivity index (χ1v) is 13.4. The third kappa shape index (κ3) is 5.76. The van der Waals surface area contributed by atoms with Crippen molar-refractivity contribution in [2.24, 2.45) is 5.90 Å². The highest BCUT2D eigenvalue weighted by molar-refractivity contribution is 6.31. The Bertz CT molecular complexity index is 1640. The molecule has 2 unspecified atom stereocenters. The summed E-state index contributed by atoms with van der Waals surface area (Å²) >= 11 is 6.31. The number of nitrogens with one attached hydrogen (secondary N) is 1. The van der Waals surface area contributed by atoms with E-state index < -0.39 is 18.0 Å². The van der Waals surface area contributed by atoms with Crippen LogP contribution >= 0.6 is 11.6 Å². The van der Waals surface area contributed by atoms with Crippen molar-refractivity contribution in [3.8, 4) is 11.5 Å². The maximum Gasteiger partial charge on any atom is 0.416 e. The number of carbonyl (C=O) groups is 1. The van der Waals surface area contributed by atoms with Gasteiger partial charge >= 0.3 is 6.09 Å². The van der Waals surface area contributed by atoms with Crippen molar-refractivity contribution in [3.05, 3.63) is 113 Å².